The fourth-order valence-corrected chi connectivity index (χ4v) is 3.97. The standard InChI is InChI=1S/C21H21FN2O3S/c1-11-8-18(24-20(25)15-6-5-7-16(22)10-15)28-19(11)21(26)23-13(3)17-9-12(2)27-14(17)4/h5-10,13H,1-4H3,(H,23,26)(H,24,25). The van der Waals surface area contributed by atoms with Crippen molar-refractivity contribution in [2.75, 3.05) is 5.32 Å². The van der Waals surface area contributed by atoms with E-state index in [9.17, 15) is 14.0 Å². The Morgan fingerprint density at radius 1 is 1.11 bits per heavy atom. The van der Waals surface area contributed by atoms with E-state index in [2.05, 4.69) is 10.6 Å². The molecule has 2 heterocycles. The Hall–Kier alpha value is -2.93. The van der Waals surface area contributed by atoms with Crippen molar-refractivity contribution in [1.82, 2.24) is 5.32 Å². The highest BCUT2D eigenvalue weighted by atomic mass is 32.1. The van der Waals surface area contributed by atoms with Crippen LogP contribution < -0.4 is 10.6 Å². The highest BCUT2D eigenvalue weighted by Gasteiger charge is 2.20. The molecule has 1 unspecified atom stereocenters. The zero-order chi connectivity index (χ0) is 20.4. The molecule has 0 aliphatic carbocycles. The van der Waals surface area contributed by atoms with E-state index in [1.54, 1.807) is 13.0 Å². The number of amides is 2. The Labute approximate surface area is 166 Å². The molecule has 0 spiro atoms. The number of hydrogen-bond acceptors (Lipinski definition) is 4. The van der Waals surface area contributed by atoms with Gasteiger partial charge in [0.05, 0.1) is 15.9 Å². The molecule has 2 amide bonds. The lowest BCUT2D eigenvalue weighted by Gasteiger charge is -2.12. The van der Waals surface area contributed by atoms with Gasteiger partial charge in [-0.15, -0.1) is 11.3 Å². The molecule has 0 saturated carbocycles. The summed E-state index contributed by atoms with van der Waals surface area (Å²) in [6.07, 6.45) is 0. The summed E-state index contributed by atoms with van der Waals surface area (Å²) in [6, 6.07) is 8.88. The molecule has 0 bridgehead atoms. The van der Waals surface area contributed by atoms with E-state index < -0.39 is 11.7 Å². The summed E-state index contributed by atoms with van der Waals surface area (Å²) in [4.78, 5) is 25.5. The quantitative estimate of drug-likeness (QED) is 0.622. The molecule has 2 aromatic heterocycles. The summed E-state index contributed by atoms with van der Waals surface area (Å²) in [7, 11) is 0. The van der Waals surface area contributed by atoms with Crippen LogP contribution in [0.3, 0.4) is 0 Å². The van der Waals surface area contributed by atoms with Crippen LogP contribution in [0, 0.1) is 26.6 Å². The van der Waals surface area contributed by atoms with E-state index in [0.717, 1.165) is 22.6 Å². The van der Waals surface area contributed by atoms with E-state index in [1.165, 1.54) is 35.6 Å². The zero-order valence-electron chi connectivity index (χ0n) is 16.1. The maximum Gasteiger partial charge on any atom is 0.262 e. The van der Waals surface area contributed by atoms with E-state index in [-0.39, 0.29) is 17.5 Å². The van der Waals surface area contributed by atoms with Crippen molar-refractivity contribution in [3.8, 4) is 0 Å². The van der Waals surface area contributed by atoms with Gasteiger partial charge in [-0.25, -0.2) is 4.39 Å². The molecular weight excluding hydrogens is 379 g/mol. The van der Waals surface area contributed by atoms with E-state index in [1.807, 2.05) is 26.8 Å². The van der Waals surface area contributed by atoms with Crippen LogP contribution in [0.25, 0.3) is 0 Å². The minimum absolute atomic E-state index is 0.211. The Morgan fingerprint density at radius 3 is 2.50 bits per heavy atom. The lowest BCUT2D eigenvalue weighted by atomic mass is 10.1. The van der Waals surface area contributed by atoms with Gasteiger partial charge in [-0.05, 0) is 63.6 Å². The summed E-state index contributed by atoms with van der Waals surface area (Å²) in [5.74, 6) is 0.443. The largest absolute Gasteiger partial charge is 0.466 e. The van der Waals surface area contributed by atoms with E-state index >= 15 is 0 Å². The van der Waals surface area contributed by atoms with E-state index in [4.69, 9.17) is 4.42 Å². The summed E-state index contributed by atoms with van der Waals surface area (Å²) >= 11 is 1.18. The average Bonchev–Trinajstić information content (AvgIpc) is 3.16. The fraction of sp³-hybridized carbons (Fsp3) is 0.238. The first kappa shape index (κ1) is 19.8. The van der Waals surface area contributed by atoms with Gasteiger partial charge in [0.15, 0.2) is 0 Å². The molecule has 3 rings (SSSR count). The Balaban J connectivity index is 1.71. The SMILES string of the molecule is Cc1cc(C(C)NC(=O)c2sc(NC(=O)c3cccc(F)c3)cc2C)c(C)o1. The minimum atomic E-state index is -0.478. The van der Waals surface area contributed by atoms with Gasteiger partial charge in [0.1, 0.15) is 17.3 Å². The van der Waals surface area contributed by atoms with Gasteiger partial charge in [0, 0.05) is 11.1 Å². The number of carbonyl (C=O) groups excluding carboxylic acids is 2. The number of hydrogen-bond donors (Lipinski definition) is 2. The third kappa shape index (κ3) is 4.31. The third-order valence-corrected chi connectivity index (χ3v) is 5.49. The number of benzene rings is 1. The molecule has 7 heteroatoms. The number of halogens is 1. The molecule has 28 heavy (non-hydrogen) atoms. The van der Waals surface area contributed by atoms with Crippen molar-refractivity contribution in [2.45, 2.75) is 33.7 Å². The van der Waals surface area contributed by atoms with Gasteiger partial charge in [-0.1, -0.05) is 6.07 Å². The highest BCUT2D eigenvalue weighted by Crippen LogP contribution is 2.28. The lowest BCUT2D eigenvalue weighted by Crippen LogP contribution is -2.26. The normalized spacial score (nSPS) is 11.9. The molecule has 5 nitrogen and oxygen atoms in total. The number of rotatable bonds is 5. The molecule has 1 aromatic carbocycles. The molecule has 0 radical (unpaired) electrons. The van der Waals surface area contributed by atoms with Crippen molar-refractivity contribution in [2.24, 2.45) is 0 Å². The van der Waals surface area contributed by atoms with E-state index in [0.29, 0.717) is 9.88 Å². The van der Waals surface area contributed by atoms with Gasteiger partial charge in [-0.2, -0.15) is 0 Å². The number of aryl methyl sites for hydroxylation is 3. The number of nitrogens with one attached hydrogen (secondary N) is 2. The van der Waals surface area contributed by atoms with Crippen molar-refractivity contribution in [3.63, 3.8) is 0 Å². The minimum Gasteiger partial charge on any atom is -0.466 e. The van der Waals surface area contributed by atoms with Crippen LogP contribution in [0.4, 0.5) is 9.39 Å². The van der Waals surface area contributed by atoms with Gasteiger partial charge < -0.3 is 15.1 Å². The Morgan fingerprint density at radius 2 is 1.86 bits per heavy atom. The maximum atomic E-state index is 13.3. The van der Waals surface area contributed by atoms with Gasteiger partial charge in [0.2, 0.25) is 0 Å². The van der Waals surface area contributed by atoms with Crippen LogP contribution >= 0.6 is 11.3 Å². The van der Waals surface area contributed by atoms with Crippen molar-refractivity contribution < 1.29 is 18.4 Å². The first-order valence-electron chi connectivity index (χ1n) is 8.79. The summed E-state index contributed by atoms with van der Waals surface area (Å²) in [6.45, 7) is 7.43. The Bertz CT molecular complexity index is 1040. The molecule has 3 aromatic rings. The first-order valence-corrected chi connectivity index (χ1v) is 9.61. The smallest absolute Gasteiger partial charge is 0.262 e. The van der Waals surface area contributed by atoms with Gasteiger partial charge in [-0.3, -0.25) is 9.59 Å². The predicted octanol–water partition coefficient (Wildman–Crippen LogP) is 5.15. The predicted molar refractivity (Wildman–Crippen MR) is 107 cm³/mol. The fourth-order valence-electron chi connectivity index (χ4n) is 3.00. The van der Waals surface area contributed by atoms with Crippen molar-refractivity contribution >= 4 is 28.2 Å². The first-order chi connectivity index (χ1) is 13.2. The molecule has 2 N–H and O–H groups in total. The number of thiophene rings is 1. The second-order valence-electron chi connectivity index (χ2n) is 6.65. The molecule has 1 atom stereocenters. The lowest BCUT2D eigenvalue weighted by molar-refractivity contribution is 0.0942. The molecule has 0 fully saturated rings. The number of furan rings is 1. The van der Waals surface area contributed by atoms with Crippen LogP contribution in [-0.4, -0.2) is 11.8 Å². The second kappa shape index (κ2) is 7.98. The van der Waals surface area contributed by atoms with Crippen LogP contribution in [0.2, 0.25) is 0 Å². The second-order valence-corrected chi connectivity index (χ2v) is 7.70. The van der Waals surface area contributed by atoms with Crippen molar-refractivity contribution in [3.05, 3.63) is 75.3 Å². The molecule has 0 aliphatic heterocycles. The topological polar surface area (TPSA) is 71.3 Å². The van der Waals surface area contributed by atoms with Crippen LogP contribution in [0.15, 0.2) is 40.8 Å². The van der Waals surface area contributed by atoms with Gasteiger partial charge >= 0.3 is 0 Å². The maximum absolute atomic E-state index is 13.3. The molecular formula is C21H21FN2O3S. The zero-order valence-corrected chi connectivity index (χ0v) is 16.9. The molecule has 146 valence electrons. The van der Waals surface area contributed by atoms with Crippen molar-refractivity contribution in [1.29, 1.82) is 0 Å². The average molecular weight is 400 g/mol. The van der Waals surface area contributed by atoms with Crippen LogP contribution in [-0.2, 0) is 0 Å². The molecule has 0 aliphatic rings. The number of carbonyl (C=O) groups is 2. The number of anilines is 1. The van der Waals surface area contributed by atoms with Crippen LogP contribution in [0.5, 0.6) is 0 Å². The third-order valence-electron chi connectivity index (χ3n) is 4.34. The summed E-state index contributed by atoms with van der Waals surface area (Å²) in [5.41, 5.74) is 1.90. The monoisotopic (exact) mass is 400 g/mol. The molecule has 0 saturated heterocycles. The highest BCUT2D eigenvalue weighted by molar-refractivity contribution is 7.18. The summed E-state index contributed by atoms with van der Waals surface area (Å²) < 4.78 is 18.8. The van der Waals surface area contributed by atoms with Gasteiger partial charge in [0.25, 0.3) is 11.8 Å². The van der Waals surface area contributed by atoms with Crippen LogP contribution in [0.1, 0.15) is 55.6 Å². The Kier molecular flexibility index (Phi) is 5.65. The summed E-state index contributed by atoms with van der Waals surface area (Å²) in [5, 5.41) is 6.21.